The zero-order valence-electron chi connectivity index (χ0n) is 20.2. The van der Waals surface area contributed by atoms with Crippen molar-refractivity contribution in [2.75, 3.05) is 19.4 Å². The molecule has 7 nitrogen and oxygen atoms in total. The lowest BCUT2D eigenvalue weighted by atomic mass is 10.0. The number of nitrogens with one attached hydrogen (secondary N) is 1. The Balaban J connectivity index is 1.47. The first-order valence-electron chi connectivity index (χ1n) is 11.4. The van der Waals surface area contributed by atoms with Crippen molar-refractivity contribution < 1.29 is 17.9 Å². The molecule has 5 rings (SSSR count). The van der Waals surface area contributed by atoms with Crippen LogP contribution in [-0.2, 0) is 16.4 Å². The Morgan fingerprint density at radius 1 is 1.00 bits per heavy atom. The first-order chi connectivity index (χ1) is 16.6. The van der Waals surface area contributed by atoms with E-state index in [0.29, 0.717) is 36.4 Å². The van der Waals surface area contributed by atoms with Gasteiger partial charge < -0.3 is 14.6 Å². The predicted molar refractivity (Wildman–Crippen MR) is 136 cm³/mol. The summed E-state index contributed by atoms with van der Waals surface area (Å²) in [6, 6.07) is 15.4. The van der Waals surface area contributed by atoms with Gasteiger partial charge in [0.25, 0.3) is 5.91 Å². The Hall–Kier alpha value is -3.65. The molecule has 4 aromatic rings. The SMILES string of the molecule is Cc1nc2ccc(-c3ccc4c(c3)CN(C(=O)c3cc(C)c(S(C)(=O)=O)cc3C)CCO4)cc2[nH]1. The maximum absolute atomic E-state index is 13.5. The number of rotatable bonds is 3. The molecule has 2 heterocycles. The van der Waals surface area contributed by atoms with Gasteiger partial charge in [-0.3, -0.25) is 4.79 Å². The van der Waals surface area contributed by atoms with Gasteiger partial charge in [-0.2, -0.15) is 0 Å². The Labute approximate surface area is 204 Å². The molecular weight excluding hydrogens is 462 g/mol. The fourth-order valence-electron chi connectivity index (χ4n) is 4.65. The number of aryl methyl sites for hydroxylation is 3. The lowest BCUT2D eigenvalue weighted by molar-refractivity contribution is 0.0732. The van der Waals surface area contributed by atoms with Crippen LogP contribution in [0, 0.1) is 20.8 Å². The normalized spacial score (nSPS) is 13.9. The minimum absolute atomic E-state index is 0.137. The zero-order valence-corrected chi connectivity index (χ0v) is 21.0. The van der Waals surface area contributed by atoms with Crippen molar-refractivity contribution in [1.82, 2.24) is 14.9 Å². The van der Waals surface area contributed by atoms with E-state index < -0.39 is 9.84 Å². The van der Waals surface area contributed by atoms with Gasteiger partial charge in [-0.05, 0) is 79.4 Å². The van der Waals surface area contributed by atoms with E-state index in [1.165, 1.54) is 6.26 Å². The van der Waals surface area contributed by atoms with Crippen LogP contribution in [0.2, 0.25) is 0 Å². The number of hydrogen-bond donors (Lipinski definition) is 1. The van der Waals surface area contributed by atoms with Crippen LogP contribution in [0.5, 0.6) is 5.75 Å². The largest absolute Gasteiger partial charge is 0.491 e. The number of ether oxygens (including phenoxy) is 1. The highest BCUT2D eigenvalue weighted by atomic mass is 32.2. The molecule has 3 aromatic carbocycles. The molecule has 1 N–H and O–H groups in total. The van der Waals surface area contributed by atoms with E-state index in [4.69, 9.17) is 4.74 Å². The van der Waals surface area contributed by atoms with Crippen molar-refractivity contribution in [3.63, 3.8) is 0 Å². The summed E-state index contributed by atoms with van der Waals surface area (Å²) in [5.74, 6) is 1.50. The van der Waals surface area contributed by atoms with E-state index in [9.17, 15) is 13.2 Å². The molecule has 1 aliphatic rings. The van der Waals surface area contributed by atoms with E-state index in [1.54, 1.807) is 30.9 Å². The smallest absolute Gasteiger partial charge is 0.254 e. The van der Waals surface area contributed by atoms with Crippen LogP contribution in [0.4, 0.5) is 0 Å². The van der Waals surface area contributed by atoms with Crippen LogP contribution in [0.15, 0.2) is 53.4 Å². The minimum Gasteiger partial charge on any atom is -0.491 e. The Morgan fingerprint density at radius 3 is 2.51 bits per heavy atom. The number of H-pyrrole nitrogens is 1. The summed E-state index contributed by atoms with van der Waals surface area (Å²) in [6.45, 7) is 6.65. The van der Waals surface area contributed by atoms with Gasteiger partial charge in [0, 0.05) is 23.9 Å². The topological polar surface area (TPSA) is 92.4 Å². The van der Waals surface area contributed by atoms with Crippen molar-refractivity contribution in [2.24, 2.45) is 0 Å². The summed E-state index contributed by atoms with van der Waals surface area (Å²) >= 11 is 0. The Kier molecular flexibility index (Phi) is 5.63. The highest BCUT2D eigenvalue weighted by Crippen LogP contribution is 2.31. The summed E-state index contributed by atoms with van der Waals surface area (Å²) in [6.07, 6.45) is 1.18. The number of sulfone groups is 1. The quantitative estimate of drug-likeness (QED) is 0.454. The van der Waals surface area contributed by atoms with Crippen LogP contribution < -0.4 is 4.74 Å². The first-order valence-corrected chi connectivity index (χ1v) is 13.3. The maximum atomic E-state index is 13.5. The Morgan fingerprint density at radius 2 is 1.74 bits per heavy atom. The predicted octanol–water partition coefficient (Wildman–Crippen LogP) is 4.59. The fourth-order valence-corrected chi connectivity index (χ4v) is 5.69. The zero-order chi connectivity index (χ0) is 24.9. The number of carbonyl (C=O) groups is 1. The van der Waals surface area contributed by atoms with Crippen LogP contribution in [0.3, 0.4) is 0 Å². The second-order valence-corrected chi connectivity index (χ2v) is 11.1. The molecule has 0 saturated heterocycles. The average Bonchev–Trinajstić information content (AvgIpc) is 3.04. The molecule has 0 radical (unpaired) electrons. The first kappa shape index (κ1) is 23.1. The van der Waals surface area contributed by atoms with Gasteiger partial charge >= 0.3 is 0 Å². The van der Waals surface area contributed by atoms with Gasteiger partial charge in [0.1, 0.15) is 18.2 Å². The lowest BCUT2D eigenvalue weighted by Gasteiger charge is -2.22. The van der Waals surface area contributed by atoms with Gasteiger partial charge in [-0.15, -0.1) is 0 Å². The molecule has 0 unspecified atom stereocenters. The number of hydrogen-bond acceptors (Lipinski definition) is 5. The van der Waals surface area contributed by atoms with Gasteiger partial charge in [-0.25, -0.2) is 13.4 Å². The third-order valence-corrected chi connectivity index (χ3v) is 7.65. The van der Waals surface area contributed by atoms with Crippen molar-refractivity contribution in [3.8, 4) is 16.9 Å². The number of nitrogens with zero attached hydrogens (tertiary/aromatic N) is 2. The third-order valence-electron chi connectivity index (χ3n) is 6.41. The monoisotopic (exact) mass is 489 g/mol. The summed E-state index contributed by atoms with van der Waals surface area (Å²) in [5, 5.41) is 0. The highest BCUT2D eigenvalue weighted by Gasteiger charge is 2.24. The number of benzene rings is 3. The molecule has 0 saturated carbocycles. The standard InChI is InChI=1S/C27H27N3O4S/c1-16-12-26(35(4,32)33)17(2)11-22(16)27(31)30-9-10-34-25-8-6-19(13-21(25)15-30)20-5-7-23-24(14-20)29-18(3)28-23/h5-8,11-14H,9-10,15H2,1-4H3,(H,28,29). The molecule has 8 heteroatoms. The van der Waals surface area contributed by atoms with E-state index in [0.717, 1.165) is 39.3 Å². The van der Waals surface area contributed by atoms with Crippen molar-refractivity contribution in [3.05, 3.63) is 76.6 Å². The van der Waals surface area contributed by atoms with E-state index in [-0.39, 0.29) is 10.8 Å². The van der Waals surface area contributed by atoms with Crippen LogP contribution in [0.25, 0.3) is 22.2 Å². The van der Waals surface area contributed by atoms with Crippen molar-refractivity contribution in [2.45, 2.75) is 32.2 Å². The number of imidazole rings is 1. The van der Waals surface area contributed by atoms with Crippen LogP contribution >= 0.6 is 0 Å². The number of aromatic amines is 1. The van der Waals surface area contributed by atoms with E-state index >= 15 is 0 Å². The molecule has 180 valence electrons. The van der Waals surface area contributed by atoms with Gasteiger partial charge in [-0.1, -0.05) is 12.1 Å². The third kappa shape index (κ3) is 4.41. The van der Waals surface area contributed by atoms with Gasteiger partial charge in [0.15, 0.2) is 9.84 Å². The van der Waals surface area contributed by atoms with Crippen molar-refractivity contribution >= 4 is 26.8 Å². The number of aromatic nitrogens is 2. The van der Waals surface area contributed by atoms with Gasteiger partial charge in [0.05, 0.1) is 22.5 Å². The maximum Gasteiger partial charge on any atom is 0.254 e. The lowest BCUT2D eigenvalue weighted by Crippen LogP contribution is -2.33. The average molecular weight is 490 g/mol. The Bertz CT molecular complexity index is 1590. The number of amides is 1. The van der Waals surface area contributed by atoms with E-state index in [1.807, 2.05) is 31.2 Å². The summed E-state index contributed by atoms with van der Waals surface area (Å²) in [4.78, 5) is 23.3. The molecular formula is C27H27N3O4S. The molecule has 0 aliphatic carbocycles. The van der Waals surface area contributed by atoms with Gasteiger partial charge in [0.2, 0.25) is 0 Å². The molecule has 0 atom stereocenters. The summed E-state index contributed by atoms with van der Waals surface area (Å²) in [5.41, 5.74) is 6.63. The van der Waals surface area contributed by atoms with Crippen LogP contribution in [0.1, 0.15) is 32.9 Å². The van der Waals surface area contributed by atoms with E-state index in [2.05, 4.69) is 22.1 Å². The van der Waals surface area contributed by atoms with Crippen LogP contribution in [-0.4, -0.2) is 48.6 Å². The molecule has 0 spiro atoms. The second-order valence-electron chi connectivity index (χ2n) is 9.16. The molecule has 1 aromatic heterocycles. The summed E-state index contributed by atoms with van der Waals surface area (Å²) < 4.78 is 30.1. The minimum atomic E-state index is -3.36. The number of carbonyl (C=O) groups excluding carboxylic acids is 1. The molecule has 35 heavy (non-hydrogen) atoms. The summed E-state index contributed by atoms with van der Waals surface area (Å²) in [7, 11) is -3.36. The van der Waals surface area contributed by atoms with Crippen molar-refractivity contribution in [1.29, 1.82) is 0 Å². The fraction of sp³-hybridized carbons (Fsp3) is 0.259. The highest BCUT2D eigenvalue weighted by molar-refractivity contribution is 7.90. The molecule has 1 aliphatic heterocycles. The second kappa shape index (κ2) is 8.53. The molecule has 0 fully saturated rings. The molecule has 1 amide bonds. The number of fused-ring (bicyclic) bond motifs is 2. The molecule has 0 bridgehead atoms.